The molecule has 332 valence electrons. The van der Waals surface area contributed by atoms with Crippen LogP contribution in [0.4, 0.5) is 4.39 Å². The molecule has 4 heterocycles. The Hall–Kier alpha value is -5.55. The number of aryl methyl sites for hydroxylation is 2. The Labute approximate surface area is 370 Å². The van der Waals surface area contributed by atoms with Crippen LogP contribution in [0.1, 0.15) is 157 Å². The standard InChI is InChI=1S/C46H52FN3O4.C6H9NO2/c1-4-17-46(19-21-50(22-20-46)44(54)29-49-27-35-24-42(30(2)51)43(31(3)52)25-36(35)28-49)18-5-6-38-13-9-34(26-48-38)45-40(32-7-11-37(47)12-8-32)15-10-33-23-39(53)14-16-41(33)45;1-4-2-3-5(8)7-6(4)9/h7-9,11-14,16,23-26,40,45,53H,4-6,10,15,17-22,27-29H2,1-3H3;4H,2-3H2,1H3,(H,7,8,9). The lowest BCUT2D eigenvalue weighted by molar-refractivity contribution is -0.136. The zero-order valence-corrected chi connectivity index (χ0v) is 37.2. The lowest BCUT2D eigenvalue weighted by Gasteiger charge is -2.42. The fourth-order valence-electron chi connectivity index (χ4n) is 10.4. The number of benzene rings is 3. The summed E-state index contributed by atoms with van der Waals surface area (Å²) in [5, 5.41) is 12.4. The van der Waals surface area contributed by atoms with Crippen LogP contribution in [-0.4, -0.2) is 68.8 Å². The monoisotopic (exact) mass is 856 g/mol. The van der Waals surface area contributed by atoms with E-state index in [1.165, 1.54) is 19.4 Å². The highest BCUT2D eigenvalue weighted by atomic mass is 19.1. The number of aromatic nitrogens is 1. The van der Waals surface area contributed by atoms with Crippen molar-refractivity contribution in [1.82, 2.24) is 20.1 Å². The van der Waals surface area contributed by atoms with Gasteiger partial charge in [0.05, 0.1) is 6.54 Å². The van der Waals surface area contributed by atoms with Crippen LogP contribution in [0.5, 0.6) is 5.75 Å². The number of ketones is 2. The lowest BCUT2D eigenvalue weighted by Crippen LogP contribution is -2.46. The van der Waals surface area contributed by atoms with Crippen molar-refractivity contribution in [1.29, 1.82) is 0 Å². The Morgan fingerprint density at radius 3 is 2.10 bits per heavy atom. The summed E-state index contributed by atoms with van der Waals surface area (Å²) in [7, 11) is 0. The molecule has 3 amide bonds. The molecular weight excluding hydrogens is 796 g/mol. The number of rotatable bonds is 12. The molecule has 4 aliphatic rings. The molecule has 3 aliphatic heterocycles. The molecule has 3 unspecified atom stereocenters. The number of phenolic OH excluding ortho intramolecular Hbond substituents is 1. The van der Waals surface area contributed by atoms with Crippen molar-refractivity contribution in [2.75, 3.05) is 19.6 Å². The quantitative estimate of drug-likeness (QED) is 0.107. The third kappa shape index (κ3) is 10.8. The van der Waals surface area contributed by atoms with E-state index in [9.17, 15) is 33.5 Å². The maximum absolute atomic E-state index is 13.8. The number of nitrogens with zero attached hydrogens (tertiary/aromatic N) is 3. The van der Waals surface area contributed by atoms with Gasteiger partial charge in [0.2, 0.25) is 17.7 Å². The highest BCUT2D eigenvalue weighted by Crippen LogP contribution is 2.47. The third-order valence-electron chi connectivity index (χ3n) is 14.0. The molecule has 3 aromatic carbocycles. The first-order valence-corrected chi connectivity index (χ1v) is 22.8. The minimum Gasteiger partial charge on any atom is -0.508 e. The van der Waals surface area contributed by atoms with Crippen LogP contribution in [-0.2, 0) is 40.3 Å². The van der Waals surface area contributed by atoms with E-state index >= 15 is 0 Å². The van der Waals surface area contributed by atoms with E-state index in [2.05, 4.69) is 29.3 Å². The number of carbonyl (C=O) groups is 5. The van der Waals surface area contributed by atoms with E-state index < -0.39 is 0 Å². The van der Waals surface area contributed by atoms with Gasteiger partial charge < -0.3 is 10.0 Å². The second-order valence-electron chi connectivity index (χ2n) is 18.4. The number of piperidine rings is 2. The molecule has 1 aromatic heterocycles. The normalized spacial score (nSPS) is 20.5. The fraction of sp³-hybridized carbons (Fsp3) is 0.462. The van der Waals surface area contributed by atoms with Crippen molar-refractivity contribution in [2.45, 2.75) is 123 Å². The van der Waals surface area contributed by atoms with Crippen LogP contribution in [0.2, 0.25) is 0 Å². The van der Waals surface area contributed by atoms with Crippen LogP contribution in [0.25, 0.3) is 0 Å². The third-order valence-corrected chi connectivity index (χ3v) is 14.0. The largest absolute Gasteiger partial charge is 0.508 e. The van der Waals surface area contributed by atoms with Gasteiger partial charge in [0.25, 0.3) is 0 Å². The first-order chi connectivity index (χ1) is 30.2. The number of carbonyl (C=O) groups excluding carboxylic acids is 5. The van der Waals surface area contributed by atoms with Gasteiger partial charge in [-0.15, -0.1) is 0 Å². The number of aromatic hydroxyl groups is 1. The molecule has 2 fully saturated rings. The van der Waals surface area contributed by atoms with Crippen LogP contribution in [0.3, 0.4) is 0 Å². The number of likely N-dealkylation sites (tertiary alicyclic amines) is 1. The van der Waals surface area contributed by atoms with Crippen LogP contribution >= 0.6 is 0 Å². The van der Waals surface area contributed by atoms with E-state index in [0.717, 1.165) is 104 Å². The number of phenols is 1. The first-order valence-electron chi connectivity index (χ1n) is 22.8. The van der Waals surface area contributed by atoms with Gasteiger partial charge in [-0.05, 0) is 159 Å². The summed E-state index contributed by atoms with van der Waals surface area (Å²) < 4.78 is 13.8. The van der Waals surface area contributed by atoms with E-state index in [1.807, 2.05) is 54.4 Å². The summed E-state index contributed by atoms with van der Waals surface area (Å²) in [4.78, 5) is 68.2. The summed E-state index contributed by atoms with van der Waals surface area (Å²) >= 11 is 0. The molecule has 10 nitrogen and oxygen atoms in total. The zero-order valence-electron chi connectivity index (χ0n) is 37.2. The molecule has 0 bridgehead atoms. The summed E-state index contributed by atoms with van der Waals surface area (Å²) in [6.07, 6.45) is 12.3. The van der Waals surface area contributed by atoms with Gasteiger partial charge >= 0.3 is 0 Å². The average Bonchev–Trinajstić information content (AvgIpc) is 3.66. The molecule has 0 spiro atoms. The number of hydrogen-bond acceptors (Lipinski definition) is 8. The number of pyridine rings is 1. The topological polar surface area (TPSA) is 137 Å². The van der Waals surface area contributed by atoms with Crippen molar-refractivity contribution in [3.05, 3.63) is 129 Å². The average molecular weight is 857 g/mol. The Morgan fingerprint density at radius 2 is 1.51 bits per heavy atom. The summed E-state index contributed by atoms with van der Waals surface area (Å²) in [5.41, 5.74) is 8.90. The van der Waals surface area contributed by atoms with Gasteiger partial charge in [-0.1, -0.05) is 44.5 Å². The maximum atomic E-state index is 13.8. The summed E-state index contributed by atoms with van der Waals surface area (Å²) in [5.74, 6) is -0.0245. The van der Waals surface area contributed by atoms with Crippen molar-refractivity contribution < 1.29 is 33.5 Å². The molecule has 0 radical (unpaired) electrons. The molecule has 11 heteroatoms. The number of halogens is 1. The smallest absolute Gasteiger partial charge is 0.236 e. The first kappa shape index (κ1) is 45.5. The molecule has 8 rings (SSSR count). The Balaban J connectivity index is 0.000000589. The molecule has 1 aliphatic carbocycles. The van der Waals surface area contributed by atoms with Gasteiger partial charge in [0, 0.05) is 67.5 Å². The van der Waals surface area contributed by atoms with Crippen molar-refractivity contribution in [3.8, 4) is 5.75 Å². The number of Topliss-reactive ketones (excluding diaryl/α,β-unsaturated/α-hetero) is 2. The van der Waals surface area contributed by atoms with Crippen LogP contribution < -0.4 is 5.32 Å². The molecule has 2 saturated heterocycles. The number of nitrogens with one attached hydrogen (secondary N) is 1. The molecule has 4 aromatic rings. The predicted octanol–water partition coefficient (Wildman–Crippen LogP) is 9.00. The van der Waals surface area contributed by atoms with E-state index in [1.54, 1.807) is 18.2 Å². The number of amides is 3. The molecule has 2 N–H and O–H groups in total. The van der Waals surface area contributed by atoms with Crippen molar-refractivity contribution >= 4 is 29.3 Å². The number of fused-ring (bicyclic) bond motifs is 2. The minimum absolute atomic E-state index is 0.0164. The summed E-state index contributed by atoms with van der Waals surface area (Å²) in [6.45, 7) is 10.1. The Bertz CT molecular complexity index is 2290. The Morgan fingerprint density at radius 1 is 0.841 bits per heavy atom. The molecular formula is C52H61FN4O6. The van der Waals surface area contributed by atoms with Crippen molar-refractivity contribution in [2.24, 2.45) is 11.3 Å². The second-order valence-corrected chi connectivity index (χ2v) is 18.4. The lowest BCUT2D eigenvalue weighted by atomic mass is 9.69. The molecule has 3 atom stereocenters. The predicted molar refractivity (Wildman–Crippen MR) is 240 cm³/mol. The number of imide groups is 1. The minimum atomic E-state index is -0.232. The van der Waals surface area contributed by atoms with Gasteiger partial charge in [0.15, 0.2) is 11.6 Å². The van der Waals surface area contributed by atoms with Crippen molar-refractivity contribution in [3.63, 3.8) is 0 Å². The number of hydrogen-bond donors (Lipinski definition) is 2. The Kier molecular flexibility index (Phi) is 14.3. The van der Waals surface area contributed by atoms with Gasteiger partial charge in [-0.25, -0.2) is 4.39 Å². The molecule has 0 saturated carbocycles. The highest BCUT2D eigenvalue weighted by Gasteiger charge is 2.36. The maximum Gasteiger partial charge on any atom is 0.236 e. The van der Waals surface area contributed by atoms with E-state index in [0.29, 0.717) is 43.6 Å². The second kappa shape index (κ2) is 19.9. The van der Waals surface area contributed by atoms with E-state index in [-0.39, 0.29) is 64.0 Å². The van der Waals surface area contributed by atoms with Crippen LogP contribution in [0, 0.1) is 17.2 Å². The van der Waals surface area contributed by atoms with E-state index in [4.69, 9.17) is 4.98 Å². The SMILES string of the molecule is CC1CCC(=O)NC1=O.CCCC1(CCCc2ccc(C3c4ccc(O)cc4CCC3c3ccc(F)cc3)cn2)CCN(C(=O)CN2Cc3cc(C(C)=O)c(C(C)=O)cc3C2)CC1. The zero-order chi connectivity index (χ0) is 44.8. The van der Waals surface area contributed by atoms with Crippen LogP contribution in [0.15, 0.2) is 72.9 Å². The van der Waals surface area contributed by atoms with Gasteiger partial charge in [-0.2, -0.15) is 0 Å². The van der Waals surface area contributed by atoms with Gasteiger partial charge in [-0.3, -0.25) is 39.2 Å². The van der Waals surface area contributed by atoms with Gasteiger partial charge in [0.1, 0.15) is 11.6 Å². The highest BCUT2D eigenvalue weighted by molar-refractivity contribution is 6.07. The molecule has 63 heavy (non-hydrogen) atoms. The fourth-order valence-corrected chi connectivity index (χ4v) is 10.4. The summed E-state index contributed by atoms with van der Waals surface area (Å²) in [6, 6.07) is 20.6.